The van der Waals surface area contributed by atoms with Crippen molar-refractivity contribution >= 4 is 0 Å². The molecule has 0 atom stereocenters. The second kappa shape index (κ2) is 30.6. The van der Waals surface area contributed by atoms with E-state index in [-0.39, 0.29) is 43.4 Å². The van der Waals surface area contributed by atoms with Crippen LogP contribution in [0.4, 0.5) is 0 Å². The molecule has 4 heavy (non-hydrogen) atoms. The van der Waals surface area contributed by atoms with Crippen molar-refractivity contribution in [2.24, 2.45) is 0 Å². The molecule has 0 aliphatic carbocycles. The Morgan fingerprint density at radius 3 is 1.25 bits per heavy atom. The van der Waals surface area contributed by atoms with E-state index < -0.39 is 0 Å². The summed E-state index contributed by atoms with van der Waals surface area (Å²) in [5, 5.41) is 0. The quantitative estimate of drug-likeness (QED) is 0.399. The Morgan fingerprint density at radius 2 is 1.25 bits per heavy atom. The van der Waals surface area contributed by atoms with Gasteiger partial charge in [-0.2, -0.15) is 0 Å². The van der Waals surface area contributed by atoms with Gasteiger partial charge in [-0.05, 0) is 0 Å². The minimum atomic E-state index is 0. The zero-order chi connectivity index (χ0) is 2.00. The van der Waals surface area contributed by atoms with Crippen LogP contribution in [0, 0.1) is 6.58 Å². The molecule has 0 saturated carbocycles. The van der Waals surface area contributed by atoms with Crippen LogP contribution in [-0.2, 0) is 43.4 Å². The number of rotatable bonds is 0. The molecule has 0 fully saturated rings. The van der Waals surface area contributed by atoms with Gasteiger partial charge in [-0.25, -0.2) is 0 Å². The second-order valence-corrected chi connectivity index (χ2v) is 0. The molecule has 0 aliphatic rings. The Balaban J connectivity index is -0.00000000500. The molecule has 0 radical (unpaired) electrons. The molecule has 2 heteroatoms. The van der Waals surface area contributed by atoms with Crippen LogP contribution in [0.2, 0.25) is 0 Å². The van der Waals surface area contributed by atoms with Crippen molar-refractivity contribution in [1.29, 1.82) is 0 Å². The second-order valence-electron chi connectivity index (χ2n) is 0. The van der Waals surface area contributed by atoms with Gasteiger partial charge < -0.3 is 6.58 Å². The Kier molecular flexibility index (Phi) is 146. The number of hydrogen-bond donors (Lipinski definition) is 0. The Morgan fingerprint density at radius 1 is 1.25 bits per heavy atom. The maximum Gasteiger partial charge on any atom is 1.00 e. The minimum Gasteiger partial charge on any atom is -0.521 e. The average molecular weight is 419 g/mol. The van der Waals surface area contributed by atoms with Crippen LogP contribution >= 0.6 is 0 Å². The molecule has 0 bridgehead atoms. The third-order valence-corrected chi connectivity index (χ3v) is 0. The summed E-state index contributed by atoms with van der Waals surface area (Å²) in [5.41, 5.74) is 0. The standard InChI is InChI=1S/C2H3.Au.Pt/c1-2;;/h1H,2H2;;/q-1;+1;. The first kappa shape index (κ1) is 19.1. The maximum atomic E-state index is 4.25. The van der Waals surface area contributed by atoms with Crippen LogP contribution in [0.5, 0.6) is 0 Å². The average Bonchev–Trinajstić information content (AvgIpc) is 1.00. The van der Waals surface area contributed by atoms with Crippen LogP contribution in [0.15, 0.2) is 6.58 Å². The van der Waals surface area contributed by atoms with Gasteiger partial charge in [0, 0.05) is 21.1 Å². The van der Waals surface area contributed by atoms with Gasteiger partial charge in [0.1, 0.15) is 0 Å². The topological polar surface area (TPSA) is 0 Å². The zero-order valence-corrected chi connectivity index (χ0v) is 6.34. The predicted octanol–water partition coefficient (Wildman–Crippen LogP) is 0.600. The number of hydrogen-bond acceptors (Lipinski definition) is 0. The summed E-state index contributed by atoms with van der Waals surface area (Å²) in [6, 6.07) is 0. The van der Waals surface area contributed by atoms with Gasteiger partial charge in [-0.1, -0.05) is 0 Å². The first-order chi connectivity index (χ1) is 1.00. The van der Waals surface area contributed by atoms with Crippen LogP contribution < -0.4 is 0 Å². The summed E-state index contributed by atoms with van der Waals surface area (Å²) in [5.74, 6) is 0. The third-order valence-electron chi connectivity index (χ3n) is 0. The van der Waals surface area contributed by atoms with E-state index in [1.807, 2.05) is 0 Å². The van der Waals surface area contributed by atoms with Gasteiger partial charge >= 0.3 is 22.4 Å². The molecule has 0 N–H and O–H groups in total. The smallest absolute Gasteiger partial charge is 0.521 e. The van der Waals surface area contributed by atoms with E-state index in [1.165, 1.54) is 0 Å². The fourth-order valence-corrected chi connectivity index (χ4v) is 0. The molecule has 32 valence electrons. The van der Waals surface area contributed by atoms with Gasteiger partial charge in [-0.15, -0.1) is 0 Å². The van der Waals surface area contributed by atoms with Crippen LogP contribution in [0.1, 0.15) is 0 Å². The van der Waals surface area contributed by atoms with Crippen molar-refractivity contribution < 1.29 is 43.4 Å². The van der Waals surface area contributed by atoms with Crippen molar-refractivity contribution in [3.63, 3.8) is 0 Å². The van der Waals surface area contributed by atoms with Crippen molar-refractivity contribution in [2.45, 2.75) is 0 Å². The van der Waals surface area contributed by atoms with Crippen molar-refractivity contribution in [2.75, 3.05) is 0 Å². The van der Waals surface area contributed by atoms with Crippen molar-refractivity contribution in [1.82, 2.24) is 0 Å². The summed E-state index contributed by atoms with van der Waals surface area (Å²) >= 11 is 0. The third kappa shape index (κ3) is 10.9. The van der Waals surface area contributed by atoms with Gasteiger partial charge in [0.25, 0.3) is 0 Å². The summed E-state index contributed by atoms with van der Waals surface area (Å²) < 4.78 is 0. The van der Waals surface area contributed by atoms with E-state index in [9.17, 15) is 0 Å². The molecule has 0 heterocycles. The van der Waals surface area contributed by atoms with E-state index in [0.717, 1.165) is 0 Å². The van der Waals surface area contributed by atoms with Crippen LogP contribution in [0.3, 0.4) is 0 Å². The van der Waals surface area contributed by atoms with E-state index in [2.05, 4.69) is 13.2 Å². The fourth-order valence-electron chi connectivity index (χ4n) is 0. The maximum absolute atomic E-state index is 4.25. The molecule has 0 nitrogen and oxygen atoms in total. The Hall–Kier alpha value is 1.17. The normalized spacial score (nSPS) is 1.00. The van der Waals surface area contributed by atoms with Gasteiger partial charge in [-0.3, -0.25) is 6.58 Å². The Bertz CT molecular complexity index is 6.00. The first-order valence-electron chi connectivity index (χ1n) is 0.408. The van der Waals surface area contributed by atoms with E-state index >= 15 is 0 Å². The van der Waals surface area contributed by atoms with Crippen molar-refractivity contribution in [3.05, 3.63) is 13.2 Å². The fraction of sp³-hybridized carbons (Fsp3) is 0. The molecule has 0 aromatic rings. The zero-order valence-electron chi connectivity index (χ0n) is 1.90. The van der Waals surface area contributed by atoms with Gasteiger partial charge in [0.05, 0.1) is 0 Å². The molecular formula is C2H3AuPt. The molecule has 0 aliphatic heterocycles. The summed E-state index contributed by atoms with van der Waals surface area (Å²) in [6.45, 7) is 7.00. The first-order valence-corrected chi connectivity index (χ1v) is 0.408. The van der Waals surface area contributed by atoms with E-state index in [4.69, 9.17) is 0 Å². The summed E-state index contributed by atoms with van der Waals surface area (Å²) in [6.07, 6.45) is 0. The summed E-state index contributed by atoms with van der Waals surface area (Å²) in [4.78, 5) is 0. The van der Waals surface area contributed by atoms with Crippen LogP contribution in [0.25, 0.3) is 0 Å². The predicted molar refractivity (Wildman–Crippen MR) is 9.93 cm³/mol. The molecule has 0 aromatic carbocycles. The van der Waals surface area contributed by atoms with Crippen LogP contribution in [-0.4, -0.2) is 0 Å². The molecule has 0 spiro atoms. The van der Waals surface area contributed by atoms with E-state index in [1.54, 1.807) is 0 Å². The van der Waals surface area contributed by atoms with E-state index in [0.29, 0.717) is 0 Å². The molecule has 0 saturated heterocycles. The molecule has 0 amide bonds. The largest absolute Gasteiger partial charge is 1.00 e. The molecule has 0 aromatic heterocycles. The minimum absolute atomic E-state index is 0. The monoisotopic (exact) mass is 419 g/mol. The molecule has 0 rings (SSSR count). The SMILES string of the molecule is [Au+].[CH-]=C.[Pt]. The van der Waals surface area contributed by atoms with Gasteiger partial charge in [0.15, 0.2) is 0 Å². The van der Waals surface area contributed by atoms with Crippen molar-refractivity contribution in [3.8, 4) is 0 Å². The van der Waals surface area contributed by atoms with Gasteiger partial charge in [0.2, 0.25) is 0 Å². The summed E-state index contributed by atoms with van der Waals surface area (Å²) in [7, 11) is 0. The molecule has 0 unspecified atom stereocenters. The molecular weight excluding hydrogens is 416 g/mol. The Labute approximate surface area is 56.4 Å².